The molecule has 1 saturated heterocycles. The van der Waals surface area contributed by atoms with Crippen LogP contribution in [-0.2, 0) is 6.54 Å². The average molecular weight is 444 g/mol. The molecule has 3 aromatic rings. The van der Waals surface area contributed by atoms with Gasteiger partial charge in [-0.2, -0.15) is 5.10 Å². The Hall–Kier alpha value is -2.75. The molecule has 1 N–H and O–H groups in total. The van der Waals surface area contributed by atoms with Gasteiger partial charge in [0.2, 0.25) is 0 Å². The van der Waals surface area contributed by atoms with Crippen LogP contribution in [0.5, 0.6) is 0 Å². The molecular weight excluding hydrogens is 421 g/mol. The first kappa shape index (κ1) is 20.2. The summed E-state index contributed by atoms with van der Waals surface area (Å²) in [5.74, 6) is -0.195. The van der Waals surface area contributed by atoms with Gasteiger partial charge < -0.3 is 10.0 Å². The van der Waals surface area contributed by atoms with Gasteiger partial charge in [-0.15, -0.1) is 0 Å². The highest BCUT2D eigenvalue weighted by atomic mass is 35.5. The number of hydrazine groups is 1. The molecule has 4 heterocycles. The zero-order valence-corrected chi connectivity index (χ0v) is 18.1. The Kier molecular flexibility index (Phi) is 4.84. The van der Waals surface area contributed by atoms with Crippen molar-refractivity contribution >= 4 is 28.7 Å². The van der Waals surface area contributed by atoms with Crippen LogP contribution in [0.4, 0.5) is 21.5 Å². The van der Waals surface area contributed by atoms with E-state index in [0.29, 0.717) is 30.4 Å². The minimum absolute atomic E-state index is 0.298. The molecule has 2 aromatic heterocycles. The number of hydrogen-bond acceptors (Lipinski definition) is 7. The summed E-state index contributed by atoms with van der Waals surface area (Å²) in [4.78, 5) is 10.2. The van der Waals surface area contributed by atoms with Crippen LogP contribution < -0.4 is 9.91 Å². The third kappa shape index (κ3) is 3.73. The van der Waals surface area contributed by atoms with E-state index in [0.717, 1.165) is 48.1 Å². The van der Waals surface area contributed by atoms with Crippen LogP contribution in [0, 0.1) is 5.82 Å². The number of halogens is 2. The number of benzene rings is 1. The molecule has 0 atom stereocenters. The van der Waals surface area contributed by atoms with Crippen molar-refractivity contribution in [3.63, 3.8) is 0 Å². The number of piperidine rings is 1. The average Bonchev–Trinajstić information content (AvgIpc) is 3.31. The molecule has 1 aromatic carbocycles. The molecule has 0 saturated carbocycles. The normalized spacial score (nSPS) is 18.5. The van der Waals surface area contributed by atoms with E-state index < -0.39 is 11.4 Å². The van der Waals surface area contributed by atoms with E-state index in [9.17, 15) is 9.50 Å². The Morgan fingerprint density at radius 2 is 1.81 bits per heavy atom. The van der Waals surface area contributed by atoms with Gasteiger partial charge in [0, 0.05) is 26.7 Å². The van der Waals surface area contributed by atoms with Crippen LogP contribution in [0.25, 0.3) is 5.95 Å². The van der Waals surface area contributed by atoms with E-state index in [2.05, 4.69) is 36.1 Å². The quantitative estimate of drug-likeness (QED) is 0.665. The molecule has 0 aliphatic carbocycles. The molecular formula is C21H23ClFN7O. The summed E-state index contributed by atoms with van der Waals surface area (Å²) < 4.78 is 14.7. The fraction of sp³-hybridized carbons (Fsp3) is 0.381. The number of nitrogens with zero attached hydrogens (tertiary/aromatic N) is 7. The predicted octanol–water partition coefficient (Wildman–Crippen LogP) is 3.30. The summed E-state index contributed by atoms with van der Waals surface area (Å²) >= 11 is 6.65. The number of rotatable bonds is 3. The van der Waals surface area contributed by atoms with Crippen molar-refractivity contribution in [1.82, 2.24) is 24.8 Å². The zero-order valence-electron chi connectivity index (χ0n) is 17.3. The van der Waals surface area contributed by atoms with E-state index in [1.807, 2.05) is 26.2 Å². The van der Waals surface area contributed by atoms with Crippen LogP contribution in [0.3, 0.4) is 0 Å². The van der Waals surface area contributed by atoms with Gasteiger partial charge >= 0.3 is 0 Å². The Morgan fingerprint density at radius 1 is 1.10 bits per heavy atom. The summed E-state index contributed by atoms with van der Waals surface area (Å²) in [6, 6.07) is 4.12. The molecule has 1 fully saturated rings. The number of anilines is 3. The third-order valence-electron chi connectivity index (χ3n) is 5.92. The SMILES string of the molecule is CN1Cc2cc(Cl)c(N3CCC(C)(O)CC3)cc2N1c1cnn(-c2ncc(F)cn2)c1. The lowest BCUT2D eigenvalue weighted by Crippen LogP contribution is -2.42. The second-order valence-electron chi connectivity index (χ2n) is 8.39. The van der Waals surface area contributed by atoms with Gasteiger partial charge in [-0.1, -0.05) is 11.6 Å². The standard InChI is InChI=1S/C21H23ClFN7O/c1-21(31)3-5-28(6-4-21)19-8-18-14(7-17(19)22)12-27(2)30(18)16-11-26-29(13-16)20-24-9-15(23)10-25-20/h7-11,13,31H,3-6,12H2,1-2H3. The first-order valence-electron chi connectivity index (χ1n) is 10.1. The van der Waals surface area contributed by atoms with Gasteiger partial charge in [0.25, 0.3) is 5.95 Å². The van der Waals surface area contributed by atoms with Gasteiger partial charge in [-0.05, 0) is 37.5 Å². The van der Waals surface area contributed by atoms with Crippen molar-refractivity contribution < 1.29 is 9.50 Å². The minimum atomic E-state index is -0.622. The molecule has 0 radical (unpaired) electrons. The van der Waals surface area contributed by atoms with Crippen LogP contribution in [-0.4, -0.2) is 55.6 Å². The minimum Gasteiger partial charge on any atom is -0.390 e. The highest BCUT2D eigenvalue weighted by Gasteiger charge is 2.32. The van der Waals surface area contributed by atoms with Gasteiger partial charge in [-0.25, -0.2) is 24.0 Å². The number of hydrogen-bond donors (Lipinski definition) is 1. The predicted molar refractivity (Wildman–Crippen MR) is 116 cm³/mol. The number of fused-ring (bicyclic) bond motifs is 1. The van der Waals surface area contributed by atoms with Crippen molar-refractivity contribution in [2.45, 2.75) is 31.9 Å². The van der Waals surface area contributed by atoms with Gasteiger partial charge in [0.1, 0.15) is 0 Å². The molecule has 31 heavy (non-hydrogen) atoms. The first-order valence-corrected chi connectivity index (χ1v) is 10.5. The third-order valence-corrected chi connectivity index (χ3v) is 6.23. The lowest BCUT2D eigenvalue weighted by atomic mass is 9.93. The Balaban J connectivity index is 1.47. The zero-order chi connectivity index (χ0) is 21.8. The molecule has 2 aliphatic heterocycles. The summed E-state index contributed by atoms with van der Waals surface area (Å²) in [5.41, 5.74) is 3.32. The highest BCUT2D eigenvalue weighted by molar-refractivity contribution is 6.33. The maximum atomic E-state index is 13.1. The van der Waals surface area contributed by atoms with Crippen LogP contribution in [0.15, 0.2) is 36.9 Å². The molecule has 10 heteroatoms. The molecule has 2 aliphatic rings. The van der Waals surface area contributed by atoms with Gasteiger partial charge in [-0.3, -0.25) is 5.01 Å². The summed E-state index contributed by atoms with van der Waals surface area (Å²) in [6.45, 7) is 4.10. The van der Waals surface area contributed by atoms with Crippen molar-refractivity contribution in [3.05, 3.63) is 53.3 Å². The fourth-order valence-corrected chi connectivity index (χ4v) is 4.49. The van der Waals surface area contributed by atoms with E-state index in [-0.39, 0.29) is 0 Å². The van der Waals surface area contributed by atoms with E-state index >= 15 is 0 Å². The van der Waals surface area contributed by atoms with Crippen LogP contribution >= 0.6 is 11.6 Å². The lowest BCUT2D eigenvalue weighted by molar-refractivity contribution is 0.0351. The van der Waals surface area contributed by atoms with Crippen LogP contribution in [0.1, 0.15) is 25.3 Å². The molecule has 5 rings (SSSR count). The molecule has 8 nitrogen and oxygen atoms in total. The Bertz CT molecular complexity index is 1110. The largest absolute Gasteiger partial charge is 0.390 e. The summed E-state index contributed by atoms with van der Waals surface area (Å²) in [5, 5.41) is 19.5. The maximum absolute atomic E-state index is 13.1. The smallest absolute Gasteiger partial charge is 0.250 e. The monoisotopic (exact) mass is 443 g/mol. The second kappa shape index (κ2) is 7.44. The number of aromatic nitrogens is 4. The van der Waals surface area contributed by atoms with E-state index in [4.69, 9.17) is 11.6 Å². The maximum Gasteiger partial charge on any atom is 0.250 e. The molecule has 162 valence electrons. The second-order valence-corrected chi connectivity index (χ2v) is 8.80. The molecule has 0 spiro atoms. The van der Waals surface area contributed by atoms with Gasteiger partial charge in [0.15, 0.2) is 5.82 Å². The fourth-order valence-electron chi connectivity index (χ4n) is 4.18. The molecule has 0 amide bonds. The van der Waals surface area contributed by atoms with E-state index in [1.165, 1.54) is 4.68 Å². The topological polar surface area (TPSA) is 73.6 Å². The summed E-state index contributed by atoms with van der Waals surface area (Å²) in [6.07, 6.45) is 7.18. The van der Waals surface area contributed by atoms with Gasteiger partial charge in [0.05, 0.1) is 52.5 Å². The highest BCUT2D eigenvalue weighted by Crippen LogP contribution is 2.43. The van der Waals surface area contributed by atoms with Crippen molar-refractivity contribution in [3.8, 4) is 5.95 Å². The van der Waals surface area contributed by atoms with Crippen LogP contribution in [0.2, 0.25) is 5.02 Å². The summed E-state index contributed by atoms with van der Waals surface area (Å²) in [7, 11) is 2.00. The van der Waals surface area contributed by atoms with Crippen molar-refractivity contribution in [2.75, 3.05) is 30.0 Å². The van der Waals surface area contributed by atoms with Crippen molar-refractivity contribution in [1.29, 1.82) is 0 Å². The van der Waals surface area contributed by atoms with Crippen molar-refractivity contribution in [2.24, 2.45) is 0 Å². The lowest BCUT2D eigenvalue weighted by Gasteiger charge is -2.37. The van der Waals surface area contributed by atoms with E-state index in [1.54, 1.807) is 6.20 Å². The molecule has 0 unspecified atom stereocenters. The molecule has 0 bridgehead atoms. The first-order chi connectivity index (χ1) is 14.8. The number of aliphatic hydroxyl groups is 1. The Labute approximate surface area is 184 Å². The Morgan fingerprint density at radius 3 is 2.52 bits per heavy atom.